The molecule has 0 bridgehead atoms. The van der Waals surface area contributed by atoms with E-state index in [0.29, 0.717) is 19.4 Å². The summed E-state index contributed by atoms with van der Waals surface area (Å²) in [5.74, 6) is -1.92. The molecule has 1 unspecified atom stereocenters. The topological polar surface area (TPSA) is 113 Å². The summed E-state index contributed by atoms with van der Waals surface area (Å²) in [6.07, 6.45) is 2.59. The van der Waals surface area contributed by atoms with E-state index in [4.69, 9.17) is 0 Å². The first-order valence-corrected chi connectivity index (χ1v) is 11.1. The number of nitrogens with zero attached hydrogens (tertiary/aromatic N) is 3. The van der Waals surface area contributed by atoms with Gasteiger partial charge in [0.15, 0.2) is 5.69 Å². The Bertz CT molecular complexity index is 1040. The van der Waals surface area contributed by atoms with Crippen LogP contribution in [0.25, 0.3) is 0 Å². The fourth-order valence-electron chi connectivity index (χ4n) is 3.33. The Morgan fingerprint density at radius 2 is 1.97 bits per heavy atom. The smallest absolute Gasteiger partial charge is 0.273 e. The lowest BCUT2D eigenvalue weighted by atomic mass is 9.99. The molecule has 2 aromatic rings. The molecular weight excluding hydrogens is 413 g/mol. The number of piperidine rings is 1. The number of amides is 2. The van der Waals surface area contributed by atoms with Gasteiger partial charge < -0.3 is 10.6 Å². The van der Waals surface area contributed by atoms with Gasteiger partial charge in [0.05, 0.1) is 16.5 Å². The Hall–Kier alpha value is -2.79. The molecule has 162 valence electrons. The van der Waals surface area contributed by atoms with E-state index in [0.717, 1.165) is 12.1 Å². The zero-order valence-electron chi connectivity index (χ0n) is 16.8. The number of nitrogens with one attached hydrogen (secondary N) is 2. The molecular formula is C19H24FN5O4S. The first-order valence-electron chi connectivity index (χ1n) is 9.62. The first-order chi connectivity index (χ1) is 14.3. The van der Waals surface area contributed by atoms with E-state index in [-0.39, 0.29) is 35.3 Å². The minimum Gasteiger partial charge on any atom is -0.354 e. The molecule has 1 aromatic carbocycles. The standard InChI is InChI=1S/C19H24FN5O4S/c1-3-24-12-16(17(23-24)19(27)21-2)22-18(26)13-5-4-10-25(11-13)30(28,29)15-8-6-14(20)7-9-15/h6-9,12-13H,3-5,10-11H2,1-2H3,(H,21,27)(H,22,26). The van der Waals surface area contributed by atoms with E-state index < -0.39 is 27.7 Å². The van der Waals surface area contributed by atoms with E-state index in [1.54, 1.807) is 6.20 Å². The lowest BCUT2D eigenvalue weighted by Crippen LogP contribution is -2.43. The van der Waals surface area contributed by atoms with Gasteiger partial charge in [0.1, 0.15) is 5.82 Å². The summed E-state index contributed by atoms with van der Waals surface area (Å²) < 4.78 is 41.6. The average Bonchev–Trinajstić information content (AvgIpc) is 3.16. The molecule has 0 radical (unpaired) electrons. The minimum absolute atomic E-state index is 0.00274. The highest BCUT2D eigenvalue weighted by Gasteiger charge is 2.34. The van der Waals surface area contributed by atoms with Crippen molar-refractivity contribution in [3.63, 3.8) is 0 Å². The van der Waals surface area contributed by atoms with Crippen molar-refractivity contribution in [2.45, 2.75) is 31.2 Å². The van der Waals surface area contributed by atoms with Crippen molar-refractivity contribution in [3.8, 4) is 0 Å². The lowest BCUT2D eigenvalue weighted by molar-refractivity contribution is -0.120. The van der Waals surface area contributed by atoms with Gasteiger partial charge in [-0.1, -0.05) is 0 Å². The Morgan fingerprint density at radius 1 is 1.27 bits per heavy atom. The fraction of sp³-hybridized carbons (Fsp3) is 0.421. The third-order valence-corrected chi connectivity index (χ3v) is 6.87. The first kappa shape index (κ1) is 21.9. The minimum atomic E-state index is -3.84. The molecule has 1 saturated heterocycles. The van der Waals surface area contributed by atoms with Gasteiger partial charge in [-0.2, -0.15) is 9.40 Å². The highest BCUT2D eigenvalue weighted by atomic mass is 32.2. The van der Waals surface area contributed by atoms with Gasteiger partial charge in [-0.15, -0.1) is 0 Å². The van der Waals surface area contributed by atoms with Gasteiger partial charge in [-0.25, -0.2) is 12.8 Å². The fourth-order valence-corrected chi connectivity index (χ4v) is 4.85. The number of carbonyl (C=O) groups is 2. The quantitative estimate of drug-likeness (QED) is 0.710. The summed E-state index contributed by atoms with van der Waals surface area (Å²) in [6, 6.07) is 4.60. The van der Waals surface area contributed by atoms with Crippen LogP contribution < -0.4 is 10.6 Å². The number of aromatic nitrogens is 2. The molecule has 2 heterocycles. The molecule has 0 saturated carbocycles. The molecule has 1 atom stereocenters. The van der Waals surface area contributed by atoms with Crippen molar-refractivity contribution in [2.75, 3.05) is 25.5 Å². The van der Waals surface area contributed by atoms with Crippen LogP contribution in [0.4, 0.5) is 10.1 Å². The second-order valence-corrected chi connectivity index (χ2v) is 8.91. The predicted octanol–water partition coefficient (Wildman–Crippen LogP) is 1.44. The summed E-state index contributed by atoms with van der Waals surface area (Å²) in [6.45, 7) is 2.65. The normalized spacial score (nSPS) is 17.5. The maximum Gasteiger partial charge on any atom is 0.273 e. The molecule has 2 amide bonds. The van der Waals surface area contributed by atoms with Crippen molar-refractivity contribution >= 4 is 27.5 Å². The number of hydrogen-bond donors (Lipinski definition) is 2. The van der Waals surface area contributed by atoms with Gasteiger partial charge in [-0.05, 0) is 44.0 Å². The number of benzene rings is 1. The molecule has 1 aliphatic heterocycles. The van der Waals surface area contributed by atoms with Crippen LogP contribution in [0.5, 0.6) is 0 Å². The van der Waals surface area contributed by atoms with Crippen LogP contribution in [-0.4, -0.2) is 54.5 Å². The van der Waals surface area contributed by atoms with Crippen LogP contribution in [0, 0.1) is 11.7 Å². The second-order valence-electron chi connectivity index (χ2n) is 6.97. The molecule has 9 nitrogen and oxygen atoms in total. The van der Waals surface area contributed by atoms with E-state index in [1.807, 2.05) is 6.92 Å². The number of aryl methyl sites for hydroxylation is 1. The lowest BCUT2D eigenvalue weighted by Gasteiger charge is -2.31. The Kier molecular flexibility index (Phi) is 6.52. The Balaban J connectivity index is 1.76. The number of rotatable bonds is 6. The van der Waals surface area contributed by atoms with Crippen molar-refractivity contribution in [1.82, 2.24) is 19.4 Å². The summed E-state index contributed by atoms with van der Waals surface area (Å²) in [7, 11) is -2.37. The zero-order chi connectivity index (χ0) is 21.9. The maximum atomic E-state index is 13.1. The van der Waals surface area contributed by atoms with Gasteiger partial charge in [-0.3, -0.25) is 14.3 Å². The van der Waals surface area contributed by atoms with Crippen LogP contribution in [0.1, 0.15) is 30.3 Å². The molecule has 1 aliphatic rings. The van der Waals surface area contributed by atoms with E-state index >= 15 is 0 Å². The SMILES string of the molecule is CCn1cc(NC(=O)C2CCCN(S(=O)(=O)c3ccc(F)cc3)C2)c(C(=O)NC)n1. The molecule has 2 N–H and O–H groups in total. The second kappa shape index (κ2) is 8.92. The van der Waals surface area contributed by atoms with E-state index in [2.05, 4.69) is 15.7 Å². The summed E-state index contributed by atoms with van der Waals surface area (Å²) in [5, 5.41) is 9.35. The maximum absolute atomic E-state index is 13.1. The number of hydrogen-bond acceptors (Lipinski definition) is 5. The van der Waals surface area contributed by atoms with Crippen molar-refractivity contribution in [3.05, 3.63) is 42.0 Å². The molecule has 1 aromatic heterocycles. The Morgan fingerprint density at radius 3 is 2.60 bits per heavy atom. The highest BCUT2D eigenvalue weighted by molar-refractivity contribution is 7.89. The van der Waals surface area contributed by atoms with Crippen LogP contribution in [0.15, 0.2) is 35.4 Å². The predicted molar refractivity (Wildman–Crippen MR) is 108 cm³/mol. The monoisotopic (exact) mass is 437 g/mol. The van der Waals surface area contributed by atoms with Gasteiger partial charge >= 0.3 is 0 Å². The average molecular weight is 437 g/mol. The molecule has 30 heavy (non-hydrogen) atoms. The number of carbonyl (C=O) groups excluding carboxylic acids is 2. The van der Waals surface area contributed by atoms with Crippen LogP contribution in [0.3, 0.4) is 0 Å². The molecule has 3 rings (SSSR count). The Labute approximate surface area is 174 Å². The van der Waals surface area contributed by atoms with Gasteiger partial charge in [0.25, 0.3) is 5.91 Å². The zero-order valence-corrected chi connectivity index (χ0v) is 17.6. The van der Waals surface area contributed by atoms with Crippen LogP contribution in [-0.2, 0) is 21.4 Å². The summed E-state index contributed by atoms with van der Waals surface area (Å²) >= 11 is 0. The third kappa shape index (κ3) is 4.51. The van der Waals surface area contributed by atoms with E-state index in [1.165, 1.54) is 28.2 Å². The molecule has 11 heteroatoms. The van der Waals surface area contributed by atoms with E-state index in [9.17, 15) is 22.4 Å². The molecule has 0 aliphatic carbocycles. The van der Waals surface area contributed by atoms with Crippen molar-refractivity contribution in [2.24, 2.45) is 5.92 Å². The van der Waals surface area contributed by atoms with Gasteiger partial charge in [0, 0.05) is 32.9 Å². The molecule has 0 spiro atoms. The van der Waals surface area contributed by atoms with Crippen LogP contribution >= 0.6 is 0 Å². The van der Waals surface area contributed by atoms with Crippen molar-refractivity contribution < 1.29 is 22.4 Å². The number of anilines is 1. The third-order valence-electron chi connectivity index (χ3n) is 4.99. The van der Waals surface area contributed by atoms with Gasteiger partial charge in [0.2, 0.25) is 15.9 Å². The highest BCUT2D eigenvalue weighted by Crippen LogP contribution is 2.25. The summed E-state index contributed by atoms with van der Waals surface area (Å²) in [5.41, 5.74) is 0.374. The summed E-state index contributed by atoms with van der Waals surface area (Å²) in [4.78, 5) is 24.8. The number of halogens is 1. The number of sulfonamides is 1. The largest absolute Gasteiger partial charge is 0.354 e. The van der Waals surface area contributed by atoms with Crippen molar-refractivity contribution in [1.29, 1.82) is 0 Å². The van der Waals surface area contributed by atoms with Crippen LogP contribution in [0.2, 0.25) is 0 Å². The molecule has 1 fully saturated rings.